The summed E-state index contributed by atoms with van der Waals surface area (Å²) in [7, 11) is 0. The summed E-state index contributed by atoms with van der Waals surface area (Å²) in [4.78, 5) is 1.74. The predicted octanol–water partition coefficient (Wildman–Crippen LogP) is 5.53. The van der Waals surface area contributed by atoms with Gasteiger partial charge in [-0.05, 0) is 49.1 Å². The molecule has 0 unspecified atom stereocenters. The van der Waals surface area contributed by atoms with Crippen LogP contribution < -0.4 is 5.32 Å². The first-order valence-electron chi connectivity index (χ1n) is 7.61. The fraction of sp³-hybridized carbons (Fsp3) is 0.647. The molecule has 1 fully saturated rings. The van der Waals surface area contributed by atoms with Crippen molar-refractivity contribution >= 4 is 17.4 Å². The molecule has 0 aromatic heterocycles. The summed E-state index contributed by atoms with van der Waals surface area (Å²) in [6.07, 6.45) is 6.65. The van der Waals surface area contributed by atoms with E-state index in [1.807, 2.05) is 0 Å². The molecule has 1 N–H and O–H groups in total. The van der Waals surface area contributed by atoms with Gasteiger partial charge in [0.05, 0.1) is 4.87 Å². The van der Waals surface area contributed by atoms with Crippen molar-refractivity contribution in [2.24, 2.45) is 11.3 Å². The Morgan fingerprint density at radius 1 is 1.26 bits per heavy atom. The van der Waals surface area contributed by atoms with Crippen LogP contribution in [0.15, 0.2) is 29.2 Å². The molecule has 2 aliphatic rings. The third kappa shape index (κ3) is 2.40. The van der Waals surface area contributed by atoms with Gasteiger partial charge in [0, 0.05) is 10.6 Å². The first-order valence-corrected chi connectivity index (χ1v) is 8.43. The van der Waals surface area contributed by atoms with Gasteiger partial charge >= 0.3 is 0 Å². The minimum absolute atomic E-state index is 0.296. The maximum absolute atomic E-state index is 3.80. The molecule has 1 spiro atoms. The van der Waals surface area contributed by atoms with E-state index in [9.17, 15) is 0 Å². The second kappa shape index (κ2) is 4.73. The van der Waals surface area contributed by atoms with E-state index in [2.05, 4.69) is 62.1 Å². The molecular weight excluding hydrogens is 250 g/mol. The summed E-state index contributed by atoms with van der Waals surface area (Å²) in [5.74, 6) is 0.897. The molecular formula is C17H25NS. The van der Waals surface area contributed by atoms with E-state index in [4.69, 9.17) is 0 Å². The molecule has 0 atom stereocenters. The molecule has 1 aromatic rings. The molecule has 1 heterocycles. The second-order valence-corrected chi connectivity index (χ2v) is 8.26. The van der Waals surface area contributed by atoms with Gasteiger partial charge < -0.3 is 5.32 Å². The van der Waals surface area contributed by atoms with Crippen LogP contribution in [0.25, 0.3) is 0 Å². The van der Waals surface area contributed by atoms with Crippen molar-refractivity contribution in [3.05, 3.63) is 24.3 Å². The van der Waals surface area contributed by atoms with Crippen LogP contribution in [0.1, 0.15) is 52.9 Å². The largest absolute Gasteiger partial charge is 0.369 e. The Labute approximate surface area is 121 Å². The highest BCUT2D eigenvalue weighted by atomic mass is 32.2. The Bertz CT molecular complexity index is 431. The zero-order valence-electron chi connectivity index (χ0n) is 12.3. The molecule has 0 amide bonds. The summed E-state index contributed by atoms with van der Waals surface area (Å²) in [5.41, 5.74) is 1.86. The van der Waals surface area contributed by atoms with E-state index in [1.54, 1.807) is 0 Å². The van der Waals surface area contributed by atoms with Crippen LogP contribution in [0.5, 0.6) is 0 Å². The zero-order chi connectivity index (χ0) is 13.5. The number of thioether (sulfide) groups is 1. The summed E-state index contributed by atoms with van der Waals surface area (Å²) >= 11 is 2.07. The zero-order valence-corrected chi connectivity index (χ0v) is 13.1. The smallest absolute Gasteiger partial charge is 0.0881 e. The number of anilines is 1. The van der Waals surface area contributed by atoms with Crippen molar-refractivity contribution in [1.82, 2.24) is 0 Å². The van der Waals surface area contributed by atoms with Crippen LogP contribution in [-0.2, 0) is 0 Å². The van der Waals surface area contributed by atoms with Gasteiger partial charge in [-0.3, -0.25) is 0 Å². The molecule has 3 rings (SSSR count). The van der Waals surface area contributed by atoms with Crippen LogP contribution >= 0.6 is 11.8 Å². The van der Waals surface area contributed by atoms with Crippen molar-refractivity contribution in [2.75, 3.05) is 5.32 Å². The fourth-order valence-corrected chi connectivity index (χ4v) is 4.92. The van der Waals surface area contributed by atoms with E-state index in [1.165, 1.54) is 42.7 Å². The predicted molar refractivity (Wildman–Crippen MR) is 84.7 cm³/mol. The molecule has 0 bridgehead atoms. The van der Waals surface area contributed by atoms with E-state index < -0.39 is 0 Å². The van der Waals surface area contributed by atoms with Crippen LogP contribution in [-0.4, -0.2) is 4.87 Å². The van der Waals surface area contributed by atoms with Gasteiger partial charge in [-0.2, -0.15) is 0 Å². The van der Waals surface area contributed by atoms with E-state index >= 15 is 0 Å². The minimum Gasteiger partial charge on any atom is -0.369 e. The van der Waals surface area contributed by atoms with Crippen LogP contribution in [0.3, 0.4) is 0 Å². The van der Waals surface area contributed by atoms with Crippen molar-refractivity contribution in [3.8, 4) is 0 Å². The van der Waals surface area contributed by atoms with Crippen LogP contribution in [0.4, 0.5) is 5.69 Å². The lowest BCUT2D eigenvalue weighted by Crippen LogP contribution is -2.39. The Hall–Kier alpha value is -0.630. The number of nitrogens with one attached hydrogen (secondary N) is 1. The maximum atomic E-state index is 3.80. The Morgan fingerprint density at radius 2 is 1.95 bits per heavy atom. The van der Waals surface area contributed by atoms with Crippen LogP contribution in [0, 0.1) is 11.3 Å². The van der Waals surface area contributed by atoms with Gasteiger partial charge in [0.1, 0.15) is 0 Å². The number of hydrogen-bond acceptors (Lipinski definition) is 2. The van der Waals surface area contributed by atoms with E-state index in [0.717, 1.165) is 5.92 Å². The molecule has 1 aliphatic heterocycles. The maximum Gasteiger partial charge on any atom is 0.0881 e. The Balaban J connectivity index is 1.69. The van der Waals surface area contributed by atoms with Crippen molar-refractivity contribution in [1.29, 1.82) is 0 Å². The topological polar surface area (TPSA) is 12.0 Å². The summed E-state index contributed by atoms with van der Waals surface area (Å²) in [6.45, 7) is 7.22. The summed E-state index contributed by atoms with van der Waals surface area (Å²) in [6, 6.07) is 8.76. The molecule has 0 saturated heterocycles. The first kappa shape index (κ1) is 13.4. The van der Waals surface area contributed by atoms with Crippen molar-refractivity contribution < 1.29 is 0 Å². The lowest BCUT2D eigenvalue weighted by Gasteiger charge is -2.43. The summed E-state index contributed by atoms with van der Waals surface area (Å²) in [5, 5.41) is 3.80. The van der Waals surface area contributed by atoms with Gasteiger partial charge in [0.25, 0.3) is 0 Å². The van der Waals surface area contributed by atoms with Gasteiger partial charge in [-0.1, -0.05) is 51.1 Å². The lowest BCUT2D eigenvalue weighted by molar-refractivity contribution is 0.143. The van der Waals surface area contributed by atoms with Gasteiger partial charge in [0.2, 0.25) is 0 Å². The van der Waals surface area contributed by atoms with Crippen molar-refractivity contribution in [2.45, 2.75) is 62.6 Å². The minimum atomic E-state index is 0.296. The van der Waals surface area contributed by atoms with E-state index in [-0.39, 0.29) is 0 Å². The van der Waals surface area contributed by atoms with E-state index in [0.29, 0.717) is 10.3 Å². The number of rotatable bonds is 2. The third-order valence-corrected chi connectivity index (χ3v) is 6.84. The first-order chi connectivity index (χ1) is 9.05. The molecule has 2 heteroatoms. The standard InChI is InChI=1S/C17H25NS/c1-4-16(2,3)13-9-11-17(12-10-13)18-14-7-5-6-8-15(14)19-17/h5-8,13,18H,4,9-12H2,1-3H3. The molecule has 104 valence electrons. The number of para-hydroxylation sites is 1. The fourth-order valence-electron chi connectivity index (χ4n) is 3.52. The SMILES string of the molecule is CCC(C)(C)C1CCC2(CC1)Nc1ccccc1S2. The molecule has 0 radical (unpaired) electrons. The highest BCUT2D eigenvalue weighted by molar-refractivity contribution is 8.01. The van der Waals surface area contributed by atoms with Gasteiger partial charge in [0.15, 0.2) is 0 Å². The lowest BCUT2D eigenvalue weighted by atomic mass is 9.68. The molecule has 19 heavy (non-hydrogen) atoms. The number of benzene rings is 1. The Kier molecular flexibility index (Phi) is 3.33. The average molecular weight is 275 g/mol. The molecule has 1 saturated carbocycles. The molecule has 1 aliphatic carbocycles. The number of hydrogen-bond donors (Lipinski definition) is 1. The van der Waals surface area contributed by atoms with Crippen molar-refractivity contribution in [3.63, 3.8) is 0 Å². The highest BCUT2D eigenvalue weighted by Crippen LogP contribution is 2.54. The second-order valence-electron chi connectivity index (χ2n) is 6.83. The molecule has 1 aromatic carbocycles. The monoisotopic (exact) mass is 275 g/mol. The Morgan fingerprint density at radius 3 is 2.58 bits per heavy atom. The quantitative estimate of drug-likeness (QED) is 0.762. The highest BCUT2D eigenvalue weighted by Gasteiger charge is 2.43. The summed E-state index contributed by atoms with van der Waals surface area (Å²) < 4.78 is 0. The normalized spacial score (nSPS) is 30.2. The number of fused-ring (bicyclic) bond motifs is 1. The molecule has 1 nitrogen and oxygen atoms in total. The van der Waals surface area contributed by atoms with Gasteiger partial charge in [-0.25, -0.2) is 0 Å². The average Bonchev–Trinajstić information content (AvgIpc) is 2.76. The third-order valence-electron chi connectivity index (χ3n) is 5.36. The van der Waals surface area contributed by atoms with Gasteiger partial charge in [-0.15, -0.1) is 0 Å². The van der Waals surface area contributed by atoms with Crippen LogP contribution in [0.2, 0.25) is 0 Å².